The van der Waals surface area contributed by atoms with E-state index < -0.39 is 5.97 Å². The van der Waals surface area contributed by atoms with Gasteiger partial charge in [0.2, 0.25) is 0 Å². The van der Waals surface area contributed by atoms with Crippen LogP contribution < -0.4 is 5.32 Å². The molecule has 0 saturated carbocycles. The summed E-state index contributed by atoms with van der Waals surface area (Å²) < 4.78 is 4.94. The van der Waals surface area contributed by atoms with Gasteiger partial charge in [-0.25, -0.2) is 4.79 Å². The Hall–Kier alpha value is -2.62. The number of hydrogen-bond acceptors (Lipinski definition) is 3. The number of ether oxygens (including phenoxy) is 1. The molecule has 0 unspecified atom stereocenters. The standard InChI is InChI=1S/C17H17NO3/c19-16(18-12-11-14-7-3-1-4-8-14)13-21-17(20)15-9-5-2-6-10-15/h1-10H,11-13H2,(H,18,19). The molecule has 0 atom stereocenters. The fourth-order valence-electron chi connectivity index (χ4n) is 1.83. The van der Waals surface area contributed by atoms with E-state index >= 15 is 0 Å². The van der Waals surface area contributed by atoms with Gasteiger partial charge in [-0.1, -0.05) is 48.5 Å². The first-order chi connectivity index (χ1) is 10.3. The Morgan fingerprint density at radius 3 is 2.19 bits per heavy atom. The number of nitrogens with one attached hydrogen (secondary N) is 1. The molecule has 0 aliphatic carbocycles. The first-order valence-electron chi connectivity index (χ1n) is 6.78. The van der Waals surface area contributed by atoms with Crippen LogP contribution in [0.5, 0.6) is 0 Å². The lowest BCUT2D eigenvalue weighted by Gasteiger charge is -2.06. The van der Waals surface area contributed by atoms with E-state index in [4.69, 9.17) is 4.74 Å². The average molecular weight is 283 g/mol. The van der Waals surface area contributed by atoms with Crippen LogP contribution in [0.3, 0.4) is 0 Å². The van der Waals surface area contributed by atoms with Crippen molar-refractivity contribution in [2.75, 3.05) is 13.2 Å². The van der Waals surface area contributed by atoms with Gasteiger partial charge in [-0.3, -0.25) is 4.79 Å². The van der Waals surface area contributed by atoms with Gasteiger partial charge in [0, 0.05) is 6.54 Å². The quantitative estimate of drug-likeness (QED) is 0.827. The smallest absolute Gasteiger partial charge is 0.338 e. The van der Waals surface area contributed by atoms with Crippen molar-refractivity contribution in [3.63, 3.8) is 0 Å². The summed E-state index contributed by atoms with van der Waals surface area (Å²) in [5.74, 6) is -0.788. The maximum absolute atomic E-state index is 11.6. The van der Waals surface area contributed by atoms with Gasteiger partial charge in [0.15, 0.2) is 6.61 Å². The van der Waals surface area contributed by atoms with Crippen LogP contribution in [0.25, 0.3) is 0 Å². The molecule has 0 bridgehead atoms. The first kappa shape index (κ1) is 14.8. The van der Waals surface area contributed by atoms with Crippen molar-refractivity contribution in [2.24, 2.45) is 0 Å². The lowest BCUT2D eigenvalue weighted by molar-refractivity contribution is -0.124. The highest BCUT2D eigenvalue weighted by molar-refractivity contribution is 5.91. The average Bonchev–Trinajstić information content (AvgIpc) is 2.54. The summed E-state index contributed by atoms with van der Waals surface area (Å²) in [6.07, 6.45) is 0.749. The Morgan fingerprint density at radius 2 is 1.52 bits per heavy atom. The maximum atomic E-state index is 11.6. The third kappa shape index (κ3) is 5.10. The molecule has 21 heavy (non-hydrogen) atoms. The van der Waals surface area contributed by atoms with Crippen LogP contribution in [0.4, 0.5) is 0 Å². The Kier molecular flexibility index (Phi) is 5.52. The van der Waals surface area contributed by atoms with Crippen LogP contribution in [0.15, 0.2) is 60.7 Å². The predicted molar refractivity (Wildman–Crippen MR) is 79.9 cm³/mol. The maximum Gasteiger partial charge on any atom is 0.338 e. The molecule has 0 aliphatic rings. The second kappa shape index (κ2) is 7.85. The third-order valence-corrected chi connectivity index (χ3v) is 2.92. The number of carbonyl (C=O) groups excluding carboxylic acids is 2. The molecule has 0 radical (unpaired) electrons. The topological polar surface area (TPSA) is 55.4 Å². The predicted octanol–water partition coefficient (Wildman–Crippen LogP) is 2.20. The Morgan fingerprint density at radius 1 is 0.905 bits per heavy atom. The second-order valence-electron chi connectivity index (χ2n) is 4.53. The van der Waals surface area contributed by atoms with E-state index in [0.29, 0.717) is 12.1 Å². The van der Waals surface area contributed by atoms with Crippen LogP contribution in [0, 0.1) is 0 Å². The summed E-state index contributed by atoms with van der Waals surface area (Å²) in [7, 11) is 0. The Labute approximate surface area is 123 Å². The Bertz CT molecular complexity index is 581. The number of carbonyl (C=O) groups is 2. The minimum atomic E-state index is -0.492. The van der Waals surface area contributed by atoms with Gasteiger partial charge >= 0.3 is 5.97 Å². The monoisotopic (exact) mass is 283 g/mol. The van der Waals surface area contributed by atoms with E-state index in [1.54, 1.807) is 24.3 Å². The molecule has 108 valence electrons. The van der Waals surface area contributed by atoms with Gasteiger partial charge in [-0.15, -0.1) is 0 Å². The number of benzene rings is 2. The van der Waals surface area contributed by atoms with Crippen molar-refractivity contribution in [2.45, 2.75) is 6.42 Å². The highest BCUT2D eigenvalue weighted by Crippen LogP contribution is 2.01. The molecule has 0 aliphatic heterocycles. The summed E-state index contributed by atoms with van der Waals surface area (Å²) in [6.45, 7) is 0.258. The van der Waals surface area contributed by atoms with Gasteiger partial charge in [0.1, 0.15) is 0 Å². The lowest BCUT2D eigenvalue weighted by atomic mass is 10.1. The van der Waals surface area contributed by atoms with Crippen molar-refractivity contribution in [3.05, 3.63) is 71.8 Å². The minimum absolute atomic E-state index is 0.261. The number of esters is 1. The van der Waals surface area contributed by atoms with Gasteiger partial charge in [0.05, 0.1) is 5.56 Å². The molecule has 2 aromatic carbocycles. The minimum Gasteiger partial charge on any atom is -0.452 e. The summed E-state index contributed by atoms with van der Waals surface area (Å²) in [5, 5.41) is 2.72. The zero-order valence-corrected chi connectivity index (χ0v) is 11.6. The van der Waals surface area contributed by atoms with E-state index in [-0.39, 0.29) is 12.5 Å². The summed E-state index contributed by atoms with van der Waals surface area (Å²) in [5.41, 5.74) is 1.59. The molecule has 0 fully saturated rings. The van der Waals surface area contributed by atoms with Gasteiger partial charge in [-0.05, 0) is 24.1 Å². The molecule has 1 N–H and O–H groups in total. The molecule has 0 saturated heterocycles. The normalized spacial score (nSPS) is 9.90. The van der Waals surface area contributed by atoms with Crippen molar-refractivity contribution >= 4 is 11.9 Å². The van der Waals surface area contributed by atoms with Gasteiger partial charge in [0.25, 0.3) is 5.91 Å². The van der Waals surface area contributed by atoms with Crippen LogP contribution in [0.1, 0.15) is 15.9 Å². The van der Waals surface area contributed by atoms with E-state index in [0.717, 1.165) is 12.0 Å². The second-order valence-corrected chi connectivity index (χ2v) is 4.53. The van der Waals surface area contributed by atoms with E-state index in [1.807, 2.05) is 36.4 Å². The lowest BCUT2D eigenvalue weighted by Crippen LogP contribution is -2.30. The molecule has 0 aromatic heterocycles. The molecule has 0 spiro atoms. The fraction of sp³-hybridized carbons (Fsp3) is 0.176. The van der Waals surface area contributed by atoms with Crippen LogP contribution in [-0.2, 0) is 16.0 Å². The molecule has 4 heteroatoms. The number of hydrogen-bond donors (Lipinski definition) is 1. The van der Waals surface area contributed by atoms with Crippen molar-refractivity contribution < 1.29 is 14.3 Å². The third-order valence-electron chi connectivity index (χ3n) is 2.92. The number of rotatable bonds is 6. The Balaban J connectivity index is 1.67. The molecule has 0 heterocycles. The summed E-state index contributed by atoms with van der Waals surface area (Å²) in [4.78, 5) is 23.2. The summed E-state index contributed by atoms with van der Waals surface area (Å²) >= 11 is 0. The van der Waals surface area contributed by atoms with Crippen LogP contribution in [-0.4, -0.2) is 25.0 Å². The van der Waals surface area contributed by atoms with E-state index in [9.17, 15) is 9.59 Å². The van der Waals surface area contributed by atoms with Crippen molar-refractivity contribution in [3.8, 4) is 0 Å². The number of amides is 1. The molecule has 2 aromatic rings. The van der Waals surface area contributed by atoms with Gasteiger partial charge < -0.3 is 10.1 Å². The van der Waals surface area contributed by atoms with Crippen LogP contribution >= 0.6 is 0 Å². The molecular weight excluding hydrogens is 266 g/mol. The largest absolute Gasteiger partial charge is 0.452 e. The molecule has 4 nitrogen and oxygen atoms in total. The van der Waals surface area contributed by atoms with Crippen LogP contribution in [0.2, 0.25) is 0 Å². The molecular formula is C17H17NO3. The SMILES string of the molecule is O=C(COC(=O)c1ccccc1)NCCc1ccccc1. The molecule has 2 rings (SSSR count). The van der Waals surface area contributed by atoms with E-state index in [2.05, 4.69) is 5.32 Å². The zero-order valence-electron chi connectivity index (χ0n) is 11.6. The zero-order chi connectivity index (χ0) is 14.9. The molecule has 1 amide bonds. The first-order valence-corrected chi connectivity index (χ1v) is 6.78. The van der Waals surface area contributed by atoms with E-state index in [1.165, 1.54) is 0 Å². The van der Waals surface area contributed by atoms with Crippen molar-refractivity contribution in [1.29, 1.82) is 0 Å². The highest BCUT2D eigenvalue weighted by Gasteiger charge is 2.08. The van der Waals surface area contributed by atoms with Gasteiger partial charge in [-0.2, -0.15) is 0 Å². The fourth-order valence-corrected chi connectivity index (χ4v) is 1.83. The summed E-state index contributed by atoms with van der Waals surface area (Å²) in [6, 6.07) is 18.5. The highest BCUT2D eigenvalue weighted by atomic mass is 16.5. The van der Waals surface area contributed by atoms with Crippen molar-refractivity contribution in [1.82, 2.24) is 5.32 Å².